The average Bonchev–Trinajstić information content (AvgIpc) is 2.83. The maximum atomic E-state index is 12.8. The summed E-state index contributed by atoms with van der Waals surface area (Å²) < 4.78 is 38.9. The lowest BCUT2D eigenvalue weighted by molar-refractivity contribution is -0.137. The van der Waals surface area contributed by atoms with Crippen molar-refractivity contribution in [3.05, 3.63) is 22.3 Å². The Morgan fingerprint density at radius 3 is 2.89 bits per heavy atom. The Hall–Kier alpha value is -0.820. The van der Waals surface area contributed by atoms with Crippen LogP contribution in [0.1, 0.15) is 24.8 Å². The first kappa shape index (κ1) is 14.6. The summed E-state index contributed by atoms with van der Waals surface area (Å²) in [6.07, 6.45) is -0.0122. The summed E-state index contributed by atoms with van der Waals surface area (Å²) in [6.45, 7) is 1.48. The molecule has 3 nitrogen and oxygen atoms in total. The molecule has 1 unspecified atom stereocenters. The summed E-state index contributed by atoms with van der Waals surface area (Å²) in [6, 6.07) is 1.45. The van der Waals surface area contributed by atoms with Crippen molar-refractivity contribution in [1.82, 2.24) is 10.3 Å². The van der Waals surface area contributed by atoms with Gasteiger partial charge >= 0.3 is 6.18 Å². The first-order valence-corrected chi connectivity index (χ1v) is 6.96. The molecular weight excluding hydrogens is 323 g/mol. The summed E-state index contributed by atoms with van der Waals surface area (Å²) in [5, 5.41) is 6.09. The van der Waals surface area contributed by atoms with Crippen LogP contribution in [0.25, 0.3) is 0 Å². The Labute approximate surface area is 118 Å². The zero-order valence-electron chi connectivity index (χ0n) is 10.2. The number of anilines is 1. The van der Waals surface area contributed by atoms with Crippen LogP contribution in [0.4, 0.5) is 19.0 Å². The SMILES string of the molecule is FC(F)(F)c1cc(Br)cnc1NCCC1CCCN1. The second-order valence-corrected chi connectivity index (χ2v) is 5.47. The second kappa shape index (κ2) is 6.09. The Balaban J connectivity index is 1.98. The van der Waals surface area contributed by atoms with Gasteiger partial charge in [-0.3, -0.25) is 0 Å². The summed E-state index contributed by atoms with van der Waals surface area (Å²) >= 11 is 3.01. The predicted molar refractivity (Wildman–Crippen MR) is 71.1 cm³/mol. The number of halogens is 4. The van der Waals surface area contributed by atoms with Crippen LogP contribution in [-0.4, -0.2) is 24.1 Å². The Morgan fingerprint density at radius 2 is 2.26 bits per heavy atom. The van der Waals surface area contributed by atoms with E-state index < -0.39 is 11.7 Å². The molecule has 1 aromatic rings. The first-order chi connectivity index (χ1) is 8.97. The molecule has 1 aliphatic rings. The zero-order valence-corrected chi connectivity index (χ0v) is 11.8. The minimum Gasteiger partial charge on any atom is -0.370 e. The minimum absolute atomic E-state index is 0.103. The van der Waals surface area contributed by atoms with Crippen LogP contribution in [0, 0.1) is 0 Å². The molecule has 0 saturated carbocycles. The standard InChI is InChI=1S/C12H15BrF3N3/c13-8-6-10(12(14,15)16)11(19-7-8)18-5-3-9-2-1-4-17-9/h6-7,9,17H,1-5H2,(H,18,19). The Kier molecular flexibility index (Phi) is 4.67. The van der Waals surface area contributed by atoms with Crippen LogP contribution in [0.15, 0.2) is 16.7 Å². The lowest BCUT2D eigenvalue weighted by Crippen LogP contribution is -2.24. The summed E-state index contributed by atoms with van der Waals surface area (Å²) in [4.78, 5) is 3.81. The van der Waals surface area contributed by atoms with Crippen molar-refractivity contribution in [3.63, 3.8) is 0 Å². The molecule has 0 aromatic carbocycles. The third kappa shape index (κ3) is 4.07. The van der Waals surface area contributed by atoms with Crippen LogP contribution >= 0.6 is 15.9 Å². The molecule has 1 atom stereocenters. The van der Waals surface area contributed by atoms with E-state index in [9.17, 15) is 13.2 Å². The second-order valence-electron chi connectivity index (χ2n) is 4.56. The van der Waals surface area contributed by atoms with Gasteiger partial charge in [0.25, 0.3) is 0 Å². The van der Waals surface area contributed by atoms with Crippen LogP contribution in [0.5, 0.6) is 0 Å². The Bertz CT molecular complexity index is 431. The van der Waals surface area contributed by atoms with Crippen molar-refractivity contribution in [2.75, 3.05) is 18.4 Å². The van der Waals surface area contributed by atoms with Gasteiger partial charge in [-0.1, -0.05) is 0 Å². The maximum Gasteiger partial charge on any atom is 0.419 e. The summed E-state index contributed by atoms with van der Waals surface area (Å²) in [7, 11) is 0. The number of nitrogens with one attached hydrogen (secondary N) is 2. The van der Waals surface area contributed by atoms with Crippen LogP contribution < -0.4 is 10.6 Å². The van der Waals surface area contributed by atoms with Crippen molar-refractivity contribution in [3.8, 4) is 0 Å². The van der Waals surface area contributed by atoms with E-state index in [0.29, 0.717) is 17.1 Å². The highest BCUT2D eigenvalue weighted by Crippen LogP contribution is 2.35. The molecular formula is C12H15BrF3N3. The number of pyridine rings is 1. The molecule has 7 heteroatoms. The molecule has 0 spiro atoms. The van der Waals surface area contributed by atoms with Gasteiger partial charge in [-0.15, -0.1) is 0 Å². The fourth-order valence-electron chi connectivity index (χ4n) is 2.16. The lowest BCUT2D eigenvalue weighted by atomic mass is 10.1. The van der Waals surface area contributed by atoms with Crippen LogP contribution in [0.2, 0.25) is 0 Å². The largest absolute Gasteiger partial charge is 0.419 e. The van der Waals surface area contributed by atoms with Crippen LogP contribution in [-0.2, 0) is 6.18 Å². The minimum atomic E-state index is -4.40. The molecule has 0 radical (unpaired) electrons. The molecule has 2 N–H and O–H groups in total. The van der Waals surface area contributed by atoms with E-state index >= 15 is 0 Å². The fraction of sp³-hybridized carbons (Fsp3) is 0.583. The lowest BCUT2D eigenvalue weighted by Gasteiger charge is -2.15. The Morgan fingerprint density at radius 1 is 1.47 bits per heavy atom. The van der Waals surface area contributed by atoms with Gasteiger partial charge < -0.3 is 10.6 Å². The average molecular weight is 338 g/mol. The molecule has 2 heterocycles. The van der Waals surface area contributed by atoms with E-state index in [0.717, 1.165) is 31.9 Å². The molecule has 0 amide bonds. The fourth-order valence-corrected chi connectivity index (χ4v) is 2.50. The highest BCUT2D eigenvalue weighted by Gasteiger charge is 2.34. The highest BCUT2D eigenvalue weighted by atomic mass is 79.9. The van der Waals surface area contributed by atoms with Gasteiger partial charge in [0.1, 0.15) is 5.82 Å². The molecule has 1 aromatic heterocycles. The third-order valence-corrected chi connectivity index (χ3v) is 3.54. The van der Waals surface area contributed by atoms with Gasteiger partial charge in [-0.2, -0.15) is 13.2 Å². The van der Waals surface area contributed by atoms with E-state index in [1.54, 1.807) is 0 Å². The molecule has 19 heavy (non-hydrogen) atoms. The first-order valence-electron chi connectivity index (χ1n) is 6.17. The van der Waals surface area contributed by atoms with Gasteiger partial charge in [0.2, 0.25) is 0 Å². The highest BCUT2D eigenvalue weighted by molar-refractivity contribution is 9.10. The van der Waals surface area contributed by atoms with E-state index in [1.165, 1.54) is 6.20 Å². The zero-order chi connectivity index (χ0) is 13.9. The summed E-state index contributed by atoms with van der Waals surface area (Å²) in [5.41, 5.74) is -0.735. The van der Waals surface area contributed by atoms with E-state index in [-0.39, 0.29) is 5.82 Å². The van der Waals surface area contributed by atoms with E-state index in [4.69, 9.17) is 0 Å². The monoisotopic (exact) mass is 337 g/mol. The van der Waals surface area contributed by atoms with Crippen molar-refractivity contribution in [1.29, 1.82) is 0 Å². The molecule has 1 aliphatic heterocycles. The van der Waals surface area contributed by atoms with Gasteiger partial charge in [0.15, 0.2) is 0 Å². The quantitative estimate of drug-likeness (QED) is 0.883. The smallest absolute Gasteiger partial charge is 0.370 e. The number of rotatable bonds is 4. The predicted octanol–water partition coefficient (Wildman–Crippen LogP) is 3.42. The number of aromatic nitrogens is 1. The molecule has 106 valence electrons. The molecule has 1 fully saturated rings. The molecule has 0 aliphatic carbocycles. The van der Waals surface area contributed by atoms with Gasteiger partial charge in [0, 0.05) is 23.3 Å². The number of nitrogens with zero attached hydrogens (tertiary/aromatic N) is 1. The van der Waals surface area contributed by atoms with E-state index in [1.807, 2.05) is 0 Å². The molecule has 0 bridgehead atoms. The van der Waals surface area contributed by atoms with Crippen molar-refractivity contribution in [2.24, 2.45) is 0 Å². The topological polar surface area (TPSA) is 37.0 Å². The van der Waals surface area contributed by atoms with Gasteiger partial charge in [-0.05, 0) is 47.8 Å². The number of alkyl halides is 3. The van der Waals surface area contributed by atoms with Gasteiger partial charge in [-0.25, -0.2) is 4.98 Å². The van der Waals surface area contributed by atoms with Gasteiger partial charge in [0.05, 0.1) is 5.56 Å². The number of hydrogen-bond donors (Lipinski definition) is 2. The number of hydrogen-bond acceptors (Lipinski definition) is 3. The van der Waals surface area contributed by atoms with Crippen molar-refractivity contribution < 1.29 is 13.2 Å². The third-order valence-electron chi connectivity index (χ3n) is 3.11. The van der Waals surface area contributed by atoms with Crippen molar-refractivity contribution in [2.45, 2.75) is 31.5 Å². The molecule has 2 rings (SSSR count). The summed E-state index contributed by atoms with van der Waals surface area (Å²) in [5.74, 6) is -0.103. The van der Waals surface area contributed by atoms with Crippen LogP contribution in [0.3, 0.4) is 0 Å². The van der Waals surface area contributed by atoms with E-state index in [2.05, 4.69) is 31.5 Å². The normalized spacial score (nSPS) is 19.7. The van der Waals surface area contributed by atoms with Crippen molar-refractivity contribution >= 4 is 21.7 Å². The maximum absolute atomic E-state index is 12.8. The molecule has 1 saturated heterocycles.